The Hall–Kier alpha value is -0.760. The maximum absolute atomic E-state index is 11.2. The van der Waals surface area contributed by atoms with Crippen molar-refractivity contribution in [1.29, 1.82) is 0 Å². The first-order valence-corrected chi connectivity index (χ1v) is 2.27. The van der Waals surface area contributed by atoms with Gasteiger partial charge < -0.3 is 0 Å². The second-order valence-corrected chi connectivity index (χ2v) is 1.39. The Kier molecular flexibility index (Phi) is 3.80. The highest BCUT2D eigenvalue weighted by molar-refractivity contribution is 5.85. The Morgan fingerprint density at radius 3 is 2.00 bits per heavy atom. The first-order chi connectivity index (χ1) is 3.93. The molecule has 1 aromatic rings. The van der Waals surface area contributed by atoms with Crippen LogP contribution in [0.4, 0.5) is 4.53 Å². The topological polar surface area (TPSA) is 9.23 Å². The van der Waals surface area contributed by atoms with E-state index in [1.165, 1.54) is 0 Å². The number of hydrogen-bond acceptors (Lipinski definition) is 1. The van der Waals surface area contributed by atoms with Gasteiger partial charge in [0.2, 0.25) is 0 Å². The van der Waals surface area contributed by atoms with E-state index >= 15 is 0 Å². The highest BCUT2D eigenvalue weighted by atomic mass is 35.5. The first kappa shape index (κ1) is 8.24. The molecule has 0 aliphatic carbocycles. The van der Waals surface area contributed by atoms with E-state index in [0.29, 0.717) is 0 Å². The number of benzene rings is 1. The van der Waals surface area contributed by atoms with E-state index in [-0.39, 0.29) is 18.2 Å². The quantitative estimate of drug-likeness (QED) is 0.594. The number of para-hydroxylation sites is 1. The van der Waals surface area contributed by atoms with Crippen LogP contribution in [0.2, 0.25) is 0 Å². The smallest absolute Gasteiger partial charge is 0.171 e. The fourth-order valence-corrected chi connectivity index (χ4v) is 0.472. The molecule has 0 unspecified atom stereocenters. The van der Waals surface area contributed by atoms with Gasteiger partial charge in [-0.15, -0.1) is 12.4 Å². The molecule has 0 atom stereocenters. The average molecular weight is 149 g/mol. The van der Waals surface area contributed by atoms with Crippen LogP contribution in [0.5, 0.6) is 5.75 Å². The lowest BCUT2D eigenvalue weighted by molar-refractivity contribution is -0.00620. The zero-order chi connectivity index (χ0) is 5.82. The third kappa shape index (κ3) is 2.33. The molecular weight excluding hydrogens is 143 g/mol. The van der Waals surface area contributed by atoms with Crippen LogP contribution in [0.15, 0.2) is 30.3 Å². The van der Waals surface area contributed by atoms with Gasteiger partial charge in [-0.2, -0.15) is 0 Å². The van der Waals surface area contributed by atoms with Crippen molar-refractivity contribution in [1.82, 2.24) is 0 Å². The summed E-state index contributed by atoms with van der Waals surface area (Å²) in [4.78, 5) is 3.41. The molecule has 0 aliphatic heterocycles. The molecule has 0 saturated carbocycles. The second-order valence-electron chi connectivity index (χ2n) is 1.39. The van der Waals surface area contributed by atoms with E-state index < -0.39 is 0 Å². The molecule has 0 spiro atoms. The second kappa shape index (κ2) is 4.15. The summed E-state index contributed by atoms with van der Waals surface area (Å²) in [7, 11) is 0. The van der Waals surface area contributed by atoms with Crippen LogP contribution in [0.25, 0.3) is 0 Å². The number of halogens is 2. The number of rotatable bonds is 1. The summed E-state index contributed by atoms with van der Waals surface area (Å²) in [6.45, 7) is 0. The predicted molar refractivity (Wildman–Crippen MR) is 35.4 cm³/mol. The maximum Gasteiger partial charge on any atom is 0.171 e. The van der Waals surface area contributed by atoms with Crippen LogP contribution in [-0.2, 0) is 0 Å². The lowest BCUT2D eigenvalue weighted by Crippen LogP contribution is -1.71. The van der Waals surface area contributed by atoms with E-state index in [2.05, 4.69) is 4.94 Å². The molecule has 0 fully saturated rings. The van der Waals surface area contributed by atoms with Gasteiger partial charge in [-0.25, -0.2) is 0 Å². The van der Waals surface area contributed by atoms with Gasteiger partial charge in [-0.3, -0.25) is 4.94 Å². The first-order valence-electron chi connectivity index (χ1n) is 2.27. The molecule has 9 heavy (non-hydrogen) atoms. The predicted octanol–water partition coefficient (Wildman–Crippen LogP) is 2.37. The van der Waals surface area contributed by atoms with E-state index in [1.54, 1.807) is 30.3 Å². The highest BCUT2D eigenvalue weighted by Gasteiger charge is 1.84. The lowest BCUT2D eigenvalue weighted by Gasteiger charge is -1.87. The fraction of sp³-hybridized carbons (Fsp3) is 0. The van der Waals surface area contributed by atoms with Crippen molar-refractivity contribution in [3.63, 3.8) is 0 Å². The van der Waals surface area contributed by atoms with E-state index in [1.807, 2.05) is 0 Å². The lowest BCUT2D eigenvalue weighted by atomic mass is 10.3. The zero-order valence-electron chi connectivity index (χ0n) is 4.58. The molecule has 1 rings (SSSR count). The normalized spacial score (nSPS) is 7.67. The van der Waals surface area contributed by atoms with Crippen LogP contribution >= 0.6 is 12.4 Å². The summed E-state index contributed by atoms with van der Waals surface area (Å²) in [5.41, 5.74) is 0. The van der Waals surface area contributed by atoms with Crippen molar-refractivity contribution < 1.29 is 9.47 Å². The molecule has 0 heterocycles. The summed E-state index contributed by atoms with van der Waals surface area (Å²) in [6.07, 6.45) is 0. The molecule has 50 valence electrons. The monoisotopic (exact) mass is 148 g/mol. The summed E-state index contributed by atoms with van der Waals surface area (Å²) >= 11 is 0. The van der Waals surface area contributed by atoms with Gasteiger partial charge in [-0.1, -0.05) is 18.2 Å². The molecule has 3 heteroatoms. The van der Waals surface area contributed by atoms with Crippen molar-refractivity contribution in [2.75, 3.05) is 0 Å². The average Bonchev–Trinajstić information content (AvgIpc) is 1.90. The van der Waals surface area contributed by atoms with Gasteiger partial charge in [0.15, 0.2) is 5.75 Å². The van der Waals surface area contributed by atoms with Gasteiger partial charge in [0.25, 0.3) is 0 Å². The Bertz CT molecular complexity index is 154. The van der Waals surface area contributed by atoms with E-state index in [0.717, 1.165) is 0 Å². The molecule has 0 bridgehead atoms. The molecule has 1 aromatic carbocycles. The Morgan fingerprint density at radius 1 is 1.11 bits per heavy atom. The third-order valence-electron chi connectivity index (χ3n) is 0.832. The minimum Gasteiger partial charge on any atom is -0.294 e. The molecule has 0 radical (unpaired) electrons. The van der Waals surface area contributed by atoms with Crippen molar-refractivity contribution in [2.45, 2.75) is 0 Å². The zero-order valence-corrected chi connectivity index (χ0v) is 5.40. The van der Waals surface area contributed by atoms with Gasteiger partial charge in [0.05, 0.1) is 0 Å². The molecule has 0 aromatic heterocycles. The number of hydrogen-bond donors (Lipinski definition) is 0. The minimum absolute atomic E-state index is 0. The summed E-state index contributed by atoms with van der Waals surface area (Å²) in [5, 5.41) is 0. The maximum atomic E-state index is 11.2. The van der Waals surface area contributed by atoms with Crippen molar-refractivity contribution in [2.24, 2.45) is 0 Å². The minimum atomic E-state index is 0. The highest BCUT2D eigenvalue weighted by Crippen LogP contribution is 2.07. The molecule has 1 nitrogen and oxygen atoms in total. The van der Waals surface area contributed by atoms with Gasteiger partial charge in [0, 0.05) is 4.53 Å². The van der Waals surface area contributed by atoms with Crippen LogP contribution < -0.4 is 4.94 Å². The van der Waals surface area contributed by atoms with E-state index in [9.17, 15) is 4.53 Å². The van der Waals surface area contributed by atoms with Crippen LogP contribution in [0.1, 0.15) is 0 Å². The molecule has 0 amide bonds. The molecule has 0 N–H and O–H groups in total. The summed E-state index contributed by atoms with van der Waals surface area (Å²) in [6, 6.07) is 8.28. The van der Waals surface area contributed by atoms with Crippen molar-refractivity contribution in [3.05, 3.63) is 30.3 Å². The summed E-state index contributed by atoms with van der Waals surface area (Å²) < 4.78 is 11.2. The van der Waals surface area contributed by atoms with Crippen molar-refractivity contribution in [3.8, 4) is 5.75 Å². The van der Waals surface area contributed by atoms with Gasteiger partial charge in [0.1, 0.15) is 0 Å². The van der Waals surface area contributed by atoms with Crippen LogP contribution in [-0.4, -0.2) is 0 Å². The Labute approximate surface area is 58.8 Å². The molecule has 0 saturated heterocycles. The van der Waals surface area contributed by atoms with Gasteiger partial charge >= 0.3 is 0 Å². The largest absolute Gasteiger partial charge is 0.294 e. The Balaban J connectivity index is 0.000000640. The van der Waals surface area contributed by atoms with E-state index in [4.69, 9.17) is 0 Å². The standard InChI is InChI=1S/C6H5FO.ClH/c7-8-6-4-2-1-3-5-6;/h1-5H;1H. The van der Waals surface area contributed by atoms with Crippen molar-refractivity contribution >= 4 is 12.4 Å². The van der Waals surface area contributed by atoms with Crippen LogP contribution in [0, 0.1) is 0 Å². The summed E-state index contributed by atoms with van der Waals surface area (Å²) in [5.74, 6) is 0.243. The molecular formula is C6H6ClFO. The van der Waals surface area contributed by atoms with Gasteiger partial charge in [-0.05, 0) is 12.1 Å². The molecule has 0 aliphatic rings. The SMILES string of the molecule is Cl.FOc1ccccc1. The van der Waals surface area contributed by atoms with Crippen LogP contribution in [0.3, 0.4) is 0 Å². The fourth-order valence-electron chi connectivity index (χ4n) is 0.472. The third-order valence-corrected chi connectivity index (χ3v) is 0.832. The Morgan fingerprint density at radius 2 is 1.67 bits per heavy atom.